The molecule has 6 nitrogen and oxygen atoms in total. The lowest BCUT2D eigenvalue weighted by Gasteiger charge is -2.29. The number of carbonyl (C=O) groups is 2. The Morgan fingerprint density at radius 1 is 1.17 bits per heavy atom. The number of rotatable bonds is 5. The molecular weight excluding hydrogens is 506 g/mol. The highest BCUT2D eigenvalue weighted by Gasteiger charge is 2.62. The van der Waals surface area contributed by atoms with Crippen LogP contribution in [0.1, 0.15) is 46.8 Å². The van der Waals surface area contributed by atoms with Crippen LogP contribution in [0.3, 0.4) is 0 Å². The van der Waals surface area contributed by atoms with E-state index in [1.165, 1.54) is 23.1 Å². The van der Waals surface area contributed by atoms with Gasteiger partial charge in [-0.2, -0.15) is 13.2 Å². The minimum Gasteiger partial charge on any atom is -0.374 e. The Hall–Kier alpha value is -2.78. The van der Waals surface area contributed by atoms with E-state index in [9.17, 15) is 22.8 Å². The molecule has 35 heavy (non-hydrogen) atoms. The standard InChI is InChI=1S/C24H22Cl2F3N3O3/c1-3-6-31-13-32(12-21(31)33)22(34)19-5-4-15(7-14(19)2)20-11-23(35-30-20,24(27,28)29)16-8-17(25)10-18(26)9-16/h4-5,7-10H,3,6,11-13H2,1-2H3. The summed E-state index contributed by atoms with van der Waals surface area (Å²) in [6.07, 6.45) is -4.61. The Labute approximate surface area is 210 Å². The molecule has 1 unspecified atom stereocenters. The van der Waals surface area contributed by atoms with Gasteiger partial charge in [-0.1, -0.05) is 41.3 Å². The van der Waals surface area contributed by atoms with Crippen molar-refractivity contribution in [2.75, 3.05) is 19.8 Å². The molecule has 2 amide bonds. The van der Waals surface area contributed by atoms with Crippen molar-refractivity contribution in [3.8, 4) is 0 Å². The number of amides is 2. The second kappa shape index (κ2) is 9.35. The first-order chi connectivity index (χ1) is 16.4. The zero-order chi connectivity index (χ0) is 25.5. The summed E-state index contributed by atoms with van der Waals surface area (Å²) in [5.74, 6) is -0.430. The van der Waals surface area contributed by atoms with Gasteiger partial charge in [0.15, 0.2) is 0 Å². The van der Waals surface area contributed by atoms with Crippen LogP contribution in [0.25, 0.3) is 0 Å². The third-order valence-corrected chi connectivity index (χ3v) is 6.54. The van der Waals surface area contributed by atoms with Gasteiger partial charge in [-0.3, -0.25) is 9.59 Å². The summed E-state index contributed by atoms with van der Waals surface area (Å²) in [6, 6.07) is 8.31. The predicted molar refractivity (Wildman–Crippen MR) is 126 cm³/mol. The minimum absolute atomic E-state index is 0.00310. The summed E-state index contributed by atoms with van der Waals surface area (Å²) in [4.78, 5) is 33.2. The van der Waals surface area contributed by atoms with E-state index in [1.54, 1.807) is 17.9 Å². The van der Waals surface area contributed by atoms with E-state index in [2.05, 4.69) is 5.16 Å². The van der Waals surface area contributed by atoms with Crippen molar-refractivity contribution in [3.05, 3.63) is 68.7 Å². The fourth-order valence-electron chi connectivity index (χ4n) is 4.30. The molecule has 0 spiro atoms. The van der Waals surface area contributed by atoms with E-state index in [4.69, 9.17) is 28.0 Å². The van der Waals surface area contributed by atoms with Gasteiger partial charge in [0.05, 0.1) is 12.4 Å². The molecule has 4 rings (SSSR count). The SMILES string of the molecule is CCCN1CN(C(=O)c2ccc(C3=NOC(c4cc(Cl)cc(Cl)c4)(C(F)(F)F)C3)cc2C)CC1=O. The Morgan fingerprint density at radius 2 is 1.86 bits per heavy atom. The van der Waals surface area contributed by atoms with Crippen LogP contribution in [0.5, 0.6) is 0 Å². The number of benzene rings is 2. The number of alkyl halides is 3. The molecule has 11 heteroatoms. The molecule has 1 atom stereocenters. The summed E-state index contributed by atoms with van der Waals surface area (Å²) >= 11 is 11.9. The molecule has 2 aliphatic heterocycles. The lowest BCUT2D eigenvalue weighted by Crippen LogP contribution is -2.42. The second-order valence-corrected chi connectivity index (χ2v) is 9.49. The number of oxime groups is 1. The van der Waals surface area contributed by atoms with Gasteiger partial charge in [-0.15, -0.1) is 0 Å². The van der Waals surface area contributed by atoms with E-state index in [0.29, 0.717) is 23.2 Å². The molecule has 186 valence electrons. The predicted octanol–water partition coefficient (Wildman–Crippen LogP) is 5.54. The molecule has 0 N–H and O–H groups in total. The number of nitrogens with zero attached hydrogens (tertiary/aromatic N) is 3. The average molecular weight is 528 g/mol. The molecule has 1 fully saturated rings. The monoisotopic (exact) mass is 527 g/mol. The Balaban J connectivity index is 1.58. The molecule has 2 aliphatic rings. The quantitative estimate of drug-likeness (QED) is 0.513. The Kier molecular flexibility index (Phi) is 6.76. The number of carbonyl (C=O) groups excluding carboxylic acids is 2. The van der Waals surface area contributed by atoms with Gasteiger partial charge in [0.1, 0.15) is 6.54 Å². The smallest absolute Gasteiger partial charge is 0.374 e. The van der Waals surface area contributed by atoms with Crippen LogP contribution in [-0.4, -0.2) is 53.3 Å². The van der Waals surface area contributed by atoms with Crippen molar-refractivity contribution < 1.29 is 27.6 Å². The van der Waals surface area contributed by atoms with Gasteiger partial charge in [0, 0.05) is 34.1 Å². The van der Waals surface area contributed by atoms with Crippen molar-refractivity contribution in [1.82, 2.24) is 9.80 Å². The van der Waals surface area contributed by atoms with Crippen LogP contribution in [-0.2, 0) is 15.2 Å². The van der Waals surface area contributed by atoms with E-state index >= 15 is 0 Å². The Morgan fingerprint density at radius 3 is 2.46 bits per heavy atom. The van der Waals surface area contributed by atoms with Crippen LogP contribution in [0, 0.1) is 6.92 Å². The van der Waals surface area contributed by atoms with E-state index < -0.39 is 18.2 Å². The van der Waals surface area contributed by atoms with Crippen LogP contribution in [0.15, 0.2) is 41.6 Å². The second-order valence-electron chi connectivity index (χ2n) is 8.62. The van der Waals surface area contributed by atoms with Crippen LogP contribution >= 0.6 is 23.2 Å². The summed E-state index contributed by atoms with van der Waals surface area (Å²) in [5, 5.41) is 3.85. The minimum atomic E-state index is -4.80. The third kappa shape index (κ3) is 4.71. The number of halogens is 5. The first-order valence-electron chi connectivity index (χ1n) is 10.9. The van der Waals surface area contributed by atoms with E-state index in [0.717, 1.165) is 18.6 Å². The summed E-state index contributed by atoms with van der Waals surface area (Å²) in [5.41, 5.74) is -1.61. The maximum Gasteiger partial charge on any atom is 0.435 e. The topological polar surface area (TPSA) is 62.2 Å². The fourth-order valence-corrected chi connectivity index (χ4v) is 4.82. The highest BCUT2D eigenvalue weighted by Crippen LogP contribution is 2.49. The van der Waals surface area contributed by atoms with Gasteiger partial charge in [0.25, 0.3) is 11.5 Å². The first-order valence-corrected chi connectivity index (χ1v) is 11.7. The zero-order valence-electron chi connectivity index (χ0n) is 19.0. The molecular formula is C24H22Cl2F3N3O3. The van der Waals surface area contributed by atoms with E-state index in [1.807, 2.05) is 6.92 Å². The number of hydrogen-bond acceptors (Lipinski definition) is 4. The summed E-state index contributed by atoms with van der Waals surface area (Å²) in [6.45, 7) is 4.41. The molecule has 0 aromatic heterocycles. The largest absolute Gasteiger partial charge is 0.435 e. The highest BCUT2D eigenvalue weighted by atomic mass is 35.5. The molecule has 0 saturated carbocycles. The maximum atomic E-state index is 14.2. The molecule has 2 aromatic rings. The molecule has 0 radical (unpaired) electrons. The van der Waals surface area contributed by atoms with Crippen LogP contribution < -0.4 is 0 Å². The lowest BCUT2D eigenvalue weighted by molar-refractivity contribution is -0.275. The first kappa shape index (κ1) is 25.3. The molecule has 0 aliphatic carbocycles. The maximum absolute atomic E-state index is 14.2. The summed E-state index contributed by atoms with van der Waals surface area (Å²) < 4.78 is 42.7. The van der Waals surface area contributed by atoms with Crippen molar-refractivity contribution in [2.24, 2.45) is 5.16 Å². The normalized spacial score (nSPS) is 20.3. The van der Waals surface area contributed by atoms with Gasteiger partial charge in [0.2, 0.25) is 5.91 Å². The number of aryl methyl sites for hydroxylation is 1. The van der Waals surface area contributed by atoms with Gasteiger partial charge in [-0.05, 0) is 54.8 Å². The van der Waals surface area contributed by atoms with Crippen LogP contribution in [0.4, 0.5) is 13.2 Å². The van der Waals surface area contributed by atoms with Crippen molar-refractivity contribution >= 4 is 40.7 Å². The van der Waals surface area contributed by atoms with Crippen LogP contribution in [0.2, 0.25) is 10.0 Å². The molecule has 2 aromatic carbocycles. The number of hydrogen-bond donors (Lipinski definition) is 0. The highest BCUT2D eigenvalue weighted by molar-refractivity contribution is 6.34. The van der Waals surface area contributed by atoms with Crippen molar-refractivity contribution in [1.29, 1.82) is 0 Å². The van der Waals surface area contributed by atoms with E-state index in [-0.39, 0.29) is 46.3 Å². The average Bonchev–Trinajstić information content (AvgIpc) is 3.38. The van der Waals surface area contributed by atoms with Crippen molar-refractivity contribution in [2.45, 2.75) is 38.5 Å². The molecule has 2 heterocycles. The fraction of sp³-hybridized carbons (Fsp3) is 0.375. The third-order valence-electron chi connectivity index (χ3n) is 6.11. The van der Waals surface area contributed by atoms with Crippen molar-refractivity contribution in [3.63, 3.8) is 0 Å². The lowest BCUT2D eigenvalue weighted by atomic mass is 9.86. The van der Waals surface area contributed by atoms with Gasteiger partial charge in [-0.25, -0.2) is 0 Å². The van der Waals surface area contributed by atoms with Gasteiger partial charge >= 0.3 is 6.18 Å². The Bertz CT molecular complexity index is 1200. The zero-order valence-corrected chi connectivity index (χ0v) is 20.5. The van der Waals surface area contributed by atoms with Gasteiger partial charge < -0.3 is 14.6 Å². The molecule has 1 saturated heterocycles. The molecule has 0 bridgehead atoms. The summed E-state index contributed by atoms with van der Waals surface area (Å²) in [7, 11) is 0.